The van der Waals surface area contributed by atoms with E-state index < -0.39 is 29.0 Å². The summed E-state index contributed by atoms with van der Waals surface area (Å²) >= 11 is 0. The summed E-state index contributed by atoms with van der Waals surface area (Å²) in [6, 6.07) is 5.78. The quantitative estimate of drug-likeness (QED) is 0.387. The van der Waals surface area contributed by atoms with E-state index in [1.807, 2.05) is 10.9 Å². The van der Waals surface area contributed by atoms with Crippen molar-refractivity contribution in [3.05, 3.63) is 70.1 Å². The Morgan fingerprint density at radius 1 is 1.22 bits per heavy atom. The third-order valence-corrected chi connectivity index (χ3v) is 6.59. The van der Waals surface area contributed by atoms with Gasteiger partial charge in [0.25, 0.3) is 17.6 Å². The minimum Gasteiger partial charge on any atom is -0.343 e. The van der Waals surface area contributed by atoms with E-state index in [4.69, 9.17) is 5.26 Å². The van der Waals surface area contributed by atoms with Gasteiger partial charge in [-0.2, -0.15) is 10.4 Å². The molecule has 2 aromatic heterocycles. The second-order valence-corrected chi connectivity index (χ2v) is 9.60. The molecule has 1 fully saturated rings. The van der Waals surface area contributed by atoms with Crippen LogP contribution in [0.25, 0.3) is 0 Å². The SMILES string of the molecule is Cc1c(C(=O)C(=O)NC(C)(C)c2cnn(C3CC3)c2)c(C)n(C)c1C(=O)Nc1ccc(F)c(C#N)c1. The number of rotatable bonds is 7. The fourth-order valence-corrected chi connectivity index (χ4v) is 4.24. The Morgan fingerprint density at radius 2 is 1.92 bits per heavy atom. The van der Waals surface area contributed by atoms with Crippen LogP contribution in [-0.2, 0) is 17.4 Å². The second-order valence-electron chi connectivity index (χ2n) is 9.60. The minimum atomic E-state index is -0.836. The third-order valence-electron chi connectivity index (χ3n) is 6.59. The van der Waals surface area contributed by atoms with Gasteiger partial charge in [-0.05, 0) is 64.3 Å². The zero-order valence-corrected chi connectivity index (χ0v) is 20.8. The van der Waals surface area contributed by atoms with Crippen LogP contribution in [-0.4, -0.2) is 31.9 Å². The lowest BCUT2D eigenvalue weighted by atomic mass is 9.96. The molecule has 10 heteroatoms. The van der Waals surface area contributed by atoms with Crippen LogP contribution in [0, 0.1) is 31.0 Å². The molecule has 0 spiro atoms. The van der Waals surface area contributed by atoms with Crippen molar-refractivity contribution in [2.75, 3.05) is 5.32 Å². The van der Waals surface area contributed by atoms with E-state index in [2.05, 4.69) is 15.7 Å². The normalized spacial score (nSPS) is 13.2. The number of amides is 2. The number of carbonyl (C=O) groups excluding carboxylic acids is 3. The summed E-state index contributed by atoms with van der Waals surface area (Å²) in [5.41, 5.74) is 1.09. The van der Waals surface area contributed by atoms with Crippen molar-refractivity contribution >= 4 is 23.3 Å². The van der Waals surface area contributed by atoms with Crippen LogP contribution in [0.1, 0.15) is 76.0 Å². The molecule has 1 aliphatic rings. The highest BCUT2D eigenvalue weighted by Gasteiger charge is 2.33. The van der Waals surface area contributed by atoms with E-state index in [9.17, 15) is 18.8 Å². The Bertz CT molecular complexity index is 1440. The van der Waals surface area contributed by atoms with Crippen molar-refractivity contribution in [1.29, 1.82) is 5.26 Å². The number of halogens is 1. The van der Waals surface area contributed by atoms with Crippen LogP contribution in [0.4, 0.5) is 10.1 Å². The van der Waals surface area contributed by atoms with Gasteiger partial charge in [0, 0.05) is 30.2 Å². The van der Waals surface area contributed by atoms with Gasteiger partial charge in [0.1, 0.15) is 17.6 Å². The number of nitrogens with one attached hydrogen (secondary N) is 2. The molecule has 2 N–H and O–H groups in total. The van der Waals surface area contributed by atoms with Crippen molar-refractivity contribution in [3.63, 3.8) is 0 Å². The van der Waals surface area contributed by atoms with Crippen molar-refractivity contribution < 1.29 is 18.8 Å². The van der Waals surface area contributed by atoms with E-state index in [1.165, 1.54) is 16.7 Å². The van der Waals surface area contributed by atoms with Crippen molar-refractivity contribution in [2.45, 2.75) is 52.1 Å². The molecule has 0 bridgehead atoms. The number of hydrogen-bond donors (Lipinski definition) is 2. The molecule has 0 unspecified atom stereocenters. The predicted octanol–water partition coefficient (Wildman–Crippen LogP) is 3.67. The van der Waals surface area contributed by atoms with Gasteiger partial charge in [0.15, 0.2) is 0 Å². The monoisotopic (exact) mass is 490 g/mol. The maximum absolute atomic E-state index is 13.6. The molecule has 0 radical (unpaired) electrons. The smallest absolute Gasteiger partial charge is 0.293 e. The van der Waals surface area contributed by atoms with Crippen LogP contribution in [0.2, 0.25) is 0 Å². The molecule has 1 saturated carbocycles. The number of anilines is 1. The molecular weight excluding hydrogens is 463 g/mol. The lowest BCUT2D eigenvalue weighted by Gasteiger charge is -2.24. The Morgan fingerprint density at radius 3 is 2.56 bits per heavy atom. The maximum atomic E-state index is 13.6. The summed E-state index contributed by atoms with van der Waals surface area (Å²) in [5, 5.41) is 18.8. The highest BCUT2D eigenvalue weighted by atomic mass is 19.1. The summed E-state index contributed by atoms with van der Waals surface area (Å²) in [6.07, 6.45) is 5.74. The average Bonchev–Trinajstić information content (AvgIpc) is 3.49. The fraction of sp³-hybridized carbons (Fsp3) is 0.346. The molecule has 2 heterocycles. The van der Waals surface area contributed by atoms with Crippen molar-refractivity contribution in [2.24, 2.45) is 7.05 Å². The van der Waals surface area contributed by atoms with Crippen LogP contribution in [0.5, 0.6) is 0 Å². The van der Waals surface area contributed by atoms with Crippen LogP contribution >= 0.6 is 0 Å². The summed E-state index contributed by atoms with van der Waals surface area (Å²) in [5.74, 6) is -2.79. The largest absolute Gasteiger partial charge is 0.343 e. The van der Waals surface area contributed by atoms with Crippen LogP contribution in [0.15, 0.2) is 30.6 Å². The molecule has 2 amide bonds. The number of ketones is 1. The summed E-state index contributed by atoms with van der Waals surface area (Å²) in [7, 11) is 1.62. The van der Waals surface area contributed by atoms with Gasteiger partial charge >= 0.3 is 0 Å². The second kappa shape index (κ2) is 9.07. The molecule has 186 valence electrons. The average molecular weight is 491 g/mol. The van der Waals surface area contributed by atoms with Crippen molar-refractivity contribution in [3.8, 4) is 6.07 Å². The van der Waals surface area contributed by atoms with Gasteiger partial charge in [-0.15, -0.1) is 0 Å². The molecule has 9 nitrogen and oxygen atoms in total. The van der Waals surface area contributed by atoms with Crippen LogP contribution < -0.4 is 10.6 Å². The van der Waals surface area contributed by atoms with E-state index in [1.54, 1.807) is 47.0 Å². The molecule has 36 heavy (non-hydrogen) atoms. The molecule has 1 aromatic carbocycles. The maximum Gasteiger partial charge on any atom is 0.293 e. The zero-order valence-electron chi connectivity index (χ0n) is 20.8. The van der Waals surface area contributed by atoms with E-state index in [0.29, 0.717) is 17.3 Å². The highest BCUT2D eigenvalue weighted by Crippen LogP contribution is 2.35. The third kappa shape index (κ3) is 4.52. The van der Waals surface area contributed by atoms with Gasteiger partial charge in [0.05, 0.1) is 28.9 Å². The number of nitrogens with zero attached hydrogens (tertiary/aromatic N) is 4. The number of aromatic nitrogens is 3. The fourth-order valence-electron chi connectivity index (χ4n) is 4.24. The topological polar surface area (TPSA) is 122 Å². The standard InChI is InChI=1S/C26H27FN6O3/c1-14-21(23(34)25(36)31-26(3,4)17-12-29-33(13-17)19-7-8-19)15(2)32(5)22(14)24(35)30-18-6-9-20(27)16(10-18)11-28/h6,9-10,12-13,19H,7-8H2,1-5H3,(H,30,35)(H,31,36). The Hall–Kier alpha value is -4.26. The van der Waals surface area contributed by atoms with Gasteiger partial charge in [-0.1, -0.05) is 0 Å². The Balaban J connectivity index is 1.55. The van der Waals surface area contributed by atoms with Gasteiger partial charge in [0.2, 0.25) is 0 Å². The Labute approximate surface area is 207 Å². The first-order valence-corrected chi connectivity index (χ1v) is 11.5. The number of Topliss-reactive ketones (excluding diaryl/α,β-unsaturated/α-hetero) is 1. The first-order valence-electron chi connectivity index (χ1n) is 11.5. The first kappa shape index (κ1) is 24.9. The molecule has 0 atom stereocenters. The molecule has 1 aliphatic carbocycles. The zero-order chi connectivity index (χ0) is 26.4. The molecule has 0 saturated heterocycles. The number of carbonyl (C=O) groups is 3. The van der Waals surface area contributed by atoms with Gasteiger partial charge in [-0.25, -0.2) is 4.39 Å². The molecular formula is C26H27FN6O3. The Kier molecular flexibility index (Phi) is 6.26. The summed E-state index contributed by atoms with van der Waals surface area (Å²) in [6.45, 7) is 6.85. The van der Waals surface area contributed by atoms with E-state index in [0.717, 1.165) is 24.5 Å². The molecule has 3 aromatic rings. The van der Waals surface area contributed by atoms with Gasteiger partial charge < -0.3 is 15.2 Å². The lowest BCUT2D eigenvalue weighted by molar-refractivity contribution is -0.118. The van der Waals surface area contributed by atoms with Gasteiger partial charge in [-0.3, -0.25) is 19.1 Å². The number of benzene rings is 1. The summed E-state index contributed by atoms with van der Waals surface area (Å²) in [4.78, 5) is 39.3. The number of hydrogen-bond acceptors (Lipinski definition) is 5. The predicted molar refractivity (Wildman–Crippen MR) is 130 cm³/mol. The first-order chi connectivity index (χ1) is 16.9. The lowest BCUT2D eigenvalue weighted by Crippen LogP contribution is -2.44. The van der Waals surface area contributed by atoms with Crippen LogP contribution in [0.3, 0.4) is 0 Å². The molecule has 4 rings (SSSR count). The van der Waals surface area contributed by atoms with E-state index in [-0.39, 0.29) is 22.5 Å². The summed E-state index contributed by atoms with van der Waals surface area (Å²) < 4.78 is 17.0. The number of nitriles is 1. The minimum absolute atomic E-state index is 0.140. The molecule has 0 aliphatic heterocycles. The van der Waals surface area contributed by atoms with Crippen molar-refractivity contribution in [1.82, 2.24) is 19.7 Å². The van der Waals surface area contributed by atoms with E-state index >= 15 is 0 Å². The highest BCUT2D eigenvalue weighted by molar-refractivity contribution is 6.43.